The summed E-state index contributed by atoms with van der Waals surface area (Å²) in [5.41, 5.74) is 1.55. The predicted octanol–water partition coefficient (Wildman–Crippen LogP) is 4.11. The lowest BCUT2D eigenvalue weighted by Crippen LogP contribution is -2.34. The second-order valence-corrected chi connectivity index (χ2v) is 6.29. The molecular formula is C17H17FN2O2S. The zero-order valence-corrected chi connectivity index (χ0v) is 13.5. The minimum Gasteiger partial charge on any atom is -0.495 e. The van der Waals surface area contributed by atoms with Crippen molar-refractivity contribution in [2.24, 2.45) is 0 Å². The molecule has 1 aliphatic rings. The fourth-order valence-corrected chi connectivity index (χ4v) is 3.77. The standard InChI is InChI=1S/C17H17FN2O2S/c1-22-15-5-3-2-4-14(15)19-17(21)20-10-11-23-16(20)12-6-8-13(18)9-7-12/h2-9,16H,10-11H2,1H3,(H,19,21)/t16-/m1/s1. The van der Waals surface area contributed by atoms with E-state index in [1.165, 1.54) is 12.1 Å². The maximum Gasteiger partial charge on any atom is 0.323 e. The monoisotopic (exact) mass is 332 g/mol. The van der Waals surface area contributed by atoms with Gasteiger partial charge in [0, 0.05) is 12.3 Å². The van der Waals surface area contributed by atoms with Gasteiger partial charge in [-0.1, -0.05) is 24.3 Å². The summed E-state index contributed by atoms with van der Waals surface area (Å²) in [4.78, 5) is 14.4. The van der Waals surface area contributed by atoms with Crippen LogP contribution >= 0.6 is 11.8 Å². The van der Waals surface area contributed by atoms with E-state index < -0.39 is 0 Å². The van der Waals surface area contributed by atoms with E-state index in [1.54, 1.807) is 48.0 Å². The number of anilines is 1. The Morgan fingerprint density at radius 2 is 2.00 bits per heavy atom. The number of nitrogens with zero attached hydrogens (tertiary/aromatic N) is 1. The Kier molecular flexibility index (Phi) is 4.71. The summed E-state index contributed by atoms with van der Waals surface area (Å²) in [5.74, 6) is 1.19. The van der Waals surface area contributed by atoms with Gasteiger partial charge >= 0.3 is 6.03 Å². The molecule has 1 atom stereocenters. The molecule has 1 fully saturated rings. The number of thioether (sulfide) groups is 1. The smallest absolute Gasteiger partial charge is 0.323 e. The molecule has 23 heavy (non-hydrogen) atoms. The van der Waals surface area contributed by atoms with Crippen LogP contribution in [0.4, 0.5) is 14.9 Å². The van der Waals surface area contributed by atoms with E-state index in [0.29, 0.717) is 18.0 Å². The number of methoxy groups -OCH3 is 1. The lowest BCUT2D eigenvalue weighted by atomic mass is 10.2. The van der Waals surface area contributed by atoms with Crippen LogP contribution in [-0.4, -0.2) is 30.3 Å². The fourth-order valence-electron chi connectivity index (χ4n) is 2.52. The molecule has 0 saturated carbocycles. The number of amides is 2. The van der Waals surface area contributed by atoms with Gasteiger partial charge in [0.15, 0.2) is 0 Å². The molecular weight excluding hydrogens is 315 g/mol. The van der Waals surface area contributed by atoms with Gasteiger partial charge in [-0.3, -0.25) is 0 Å². The highest BCUT2D eigenvalue weighted by atomic mass is 32.2. The highest BCUT2D eigenvalue weighted by Crippen LogP contribution is 2.38. The van der Waals surface area contributed by atoms with Crippen molar-refractivity contribution in [3.05, 3.63) is 59.9 Å². The molecule has 0 spiro atoms. The summed E-state index contributed by atoms with van der Waals surface area (Å²) >= 11 is 1.67. The molecule has 1 saturated heterocycles. The van der Waals surface area contributed by atoms with Crippen LogP contribution in [0.3, 0.4) is 0 Å². The van der Waals surface area contributed by atoms with Crippen LogP contribution in [0.5, 0.6) is 5.75 Å². The highest BCUT2D eigenvalue weighted by molar-refractivity contribution is 7.99. The Balaban J connectivity index is 1.77. The average Bonchev–Trinajstić information content (AvgIpc) is 3.06. The second-order valence-electron chi connectivity index (χ2n) is 5.10. The lowest BCUT2D eigenvalue weighted by Gasteiger charge is -2.24. The lowest BCUT2D eigenvalue weighted by molar-refractivity contribution is 0.214. The summed E-state index contributed by atoms with van der Waals surface area (Å²) in [6.07, 6.45) is 0. The molecule has 0 aliphatic carbocycles. The summed E-state index contributed by atoms with van der Waals surface area (Å²) in [6.45, 7) is 0.647. The van der Waals surface area contributed by atoms with Gasteiger partial charge in [-0.2, -0.15) is 0 Å². The SMILES string of the molecule is COc1ccccc1NC(=O)N1CCS[C@@H]1c1ccc(F)cc1. The Morgan fingerprint density at radius 3 is 2.74 bits per heavy atom. The molecule has 3 rings (SSSR count). The number of hydrogen-bond acceptors (Lipinski definition) is 3. The zero-order chi connectivity index (χ0) is 16.2. The van der Waals surface area contributed by atoms with E-state index in [1.807, 2.05) is 12.1 Å². The molecule has 0 unspecified atom stereocenters. The largest absolute Gasteiger partial charge is 0.495 e. The van der Waals surface area contributed by atoms with Crippen molar-refractivity contribution in [1.82, 2.24) is 4.90 Å². The van der Waals surface area contributed by atoms with Crippen molar-refractivity contribution in [2.75, 3.05) is 24.7 Å². The first-order chi connectivity index (χ1) is 11.2. The maximum absolute atomic E-state index is 13.1. The first kappa shape index (κ1) is 15.7. The number of carbonyl (C=O) groups excluding carboxylic acids is 1. The van der Waals surface area contributed by atoms with Crippen molar-refractivity contribution < 1.29 is 13.9 Å². The number of benzene rings is 2. The highest BCUT2D eigenvalue weighted by Gasteiger charge is 2.31. The number of hydrogen-bond donors (Lipinski definition) is 1. The van der Waals surface area contributed by atoms with Crippen LogP contribution in [-0.2, 0) is 0 Å². The minimum absolute atomic E-state index is 0.106. The number of ether oxygens (including phenoxy) is 1. The molecule has 0 radical (unpaired) electrons. The fraction of sp³-hybridized carbons (Fsp3) is 0.235. The Morgan fingerprint density at radius 1 is 1.26 bits per heavy atom. The van der Waals surface area contributed by atoms with E-state index in [2.05, 4.69) is 5.32 Å². The number of urea groups is 1. The van der Waals surface area contributed by atoms with Crippen molar-refractivity contribution in [3.8, 4) is 5.75 Å². The van der Waals surface area contributed by atoms with Crippen molar-refractivity contribution >= 4 is 23.5 Å². The number of carbonyl (C=O) groups is 1. The summed E-state index contributed by atoms with van der Waals surface area (Å²) in [7, 11) is 1.57. The molecule has 0 bridgehead atoms. The van der Waals surface area contributed by atoms with Gasteiger partial charge in [0.1, 0.15) is 16.9 Å². The number of nitrogens with one attached hydrogen (secondary N) is 1. The zero-order valence-electron chi connectivity index (χ0n) is 12.7. The molecule has 2 amide bonds. The molecule has 4 nitrogen and oxygen atoms in total. The summed E-state index contributed by atoms with van der Waals surface area (Å²) in [6, 6.07) is 13.4. The third-order valence-electron chi connectivity index (χ3n) is 3.66. The number of rotatable bonds is 3. The third kappa shape index (κ3) is 3.42. The minimum atomic E-state index is -0.276. The number of para-hydroxylation sites is 2. The van der Waals surface area contributed by atoms with E-state index in [9.17, 15) is 9.18 Å². The van der Waals surface area contributed by atoms with Crippen LogP contribution in [0.25, 0.3) is 0 Å². The second kappa shape index (κ2) is 6.91. The summed E-state index contributed by atoms with van der Waals surface area (Å²) in [5, 5.41) is 2.78. The Hall–Kier alpha value is -2.21. The molecule has 6 heteroatoms. The molecule has 1 aliphatic heterocycles. The first-order valence-corrected chi connectivity index (χ1v) is 8.31. The van der Waals surface area contributed by atoms with Gasteiger partial charge in [-0.05, 0) is 29.8 Å². The Bertz CT molecular complexity index is 693. The van der Waals surface area contributed by atoms with E-state index in [4.69, 9.17) is 4.74 Å². The third-order valence-corrected chi connectivity index (χ3v) is 4.92. The van der Waals surface area contributed by atoms with E-state index in [-0.39, 0.29) is 17.2 Å². The Labute approximate surface area is 138 Å². The molecule has 2 aromatic carbocycles. The van der Waals surface area contributed by atoms with Gasteiger partial charge < -0.3 is 15.0 Å². The van der Waals surface area contributed by atoms with E-state index in [0.717, 1.165) is 11.3 Å². The van der Waals surface area contributed by atoms with Crippen molar-refractivity contribution in [3.63, 3.8) is 0 Å². The quantitative estimate of drug-likeness (QED) is 0.919. The number of halogens is 1. The van der Waals surface area contributed by atoms with Crippen LogP contribution in [0.2, 0.25) is 0 Å². The average molecular weight is 332 g/mol. The molecule has 2 aromatic rings. The van der Waals surface area contributed by atoms with E-state index >= 15 is 0 Å². The molecule has 1 heterocycles. The van der Waals surface area contributed by atoms with Gasteiger partial charge in [0.25, 0.3) is 0 Å². The summed E-state index contributed by atoms with van der Waals surface area (Å²) < 4.78 is 18.3. The molecule has 120 valence electrons. The maximum atomic E-state index is 13.1. The predicted molar refractivity (Wildman–Crippen MR) is 90.3 cm³/mol. The van der Waals surface area contributed by atoms with Crippen LogP contribution in [0.15, 0.2) is 48.5 Å². The van der Waals surface area contributed by atoms with Gasteiger partial charge in [0.05, 0.1) is 12.8 Å². The van der Waals surface area contributed by atoms with Crippen LogP contribution in [0, 0.1) is 5.82 Å². The van der Waals surface area contributed by atoms with Gasteiger partial charge in [-0.15, -0.1) is 11.8 Å². The molecule has 1 N–H and O–H groups in total. The van der Waals surface area contributed by atoms with Crippen molar-refractivity contribution in [2.45, 2.75) is 5.37 Å². The van der Waals surface area contributed by atoms with Crippen molar-refractivity contribution in [1.29, 1.82) is 0 Å². The molecule has 0 aromatic heterocycles. The van der Waals surface area contributed by atoms with Gasteiger partial charge in [-0.25, -0.2) is 9.18 Å². The normalized spacial score (nSPS) is 17.1. The first-order valence-electron chi connectivity index (χ1n) is 7.27. The van der Waals surface area contributed by atoms with Crippen LogP contribution < -0.4 is 10.1 Å². The topological polar surface area (TPSA) is 41.6 Å². The van der Waals surface area contributed by atoms with Crippen LogP contribution in [0.1, 0.15) is 10.9 Å². The van der Waals surface area contributed by atoms with Gasteiger partial charge in [0.2, 0.25) is 0 Å².